The van der Waals surface area contributed by atoms with E-state index in [1.165, 1.54) is 12.3 Å². The highest BCUT2D eigenvalue weighted by molar-refractivity contribution is 5.91. The van der Waals surface area contributed by atoms with Crippen molar-refractivity contribution in [3.8, 4) is 0 Å². The van der Waals surface area contributed by atoms with Gasteiger partial charge in [0, 0.05) is 31.9 Å². The van der Waals surface area contributed by atoms with E-state index in [0.29, 0.717) is 5.89 Å². The minimum Gasteiger partial charge on any atom is -0.340 e. The monoisotopic (exact) mass is 315 g/mol. The average molecular weight is 315 g/mol. The Balaban J connectivity index is 1.98. The SMILES string of the molecule is Cc1nc([C@H](NC(=O)c2nccn2C)c2ccccc2F)no1. The first-order valence-electron chi connectivity index (χ1n) is 6.89. The van der Waals surface area contributed by atoms with Crippen LogP contribution in [-0.4, -0.2) is 25.6 Å². The summed E-state index contributed by atoms with van der Waals surface area (Å²) in [6.45, 7) is 1.62. The minimum absolute atomic E-state index is 0.176. The number of rotatable bonds is 4. The van der Waals surface area contributed by atoms with Gasteiger partial charge in [-0.3, -0.25) is 4.79 Å². The van der Waals surface area contributed by atoms with Gasteiger partial charge >= 0.3 is 0 Å². The molecular formula is C15H14FN5O2. The average Bonchev–Trinajstić information content (AvgIpc) is 3.14. The number of amides is 1. The third-order valence-corrected chi connectivity index (χ3v) is 3.32. The van der Waals surface area contributed by atoms with Crippen molar-refractivity contribution in [3.05, 3.63) is 65.6 Å². The van der Waals surface area contributed by atoms with Gasteiger partial charge in [-0.25, -0.2) is 9.37 Å². The first-order chi connectivity index (χ1) is 11.1. The molecule has 2 heterocycles. The van der Waals surface area contributed by atoms with Gasteiger partial charge in [-0.1, -0.05) is 23.4 Å². The summed E-state index contributed by atoms with van der Waals surface area (Å²) in [5.74, 6) is -0.234. The number of nitrogens with one attached hydrogen (secondary N) is 1. The lowest BCUT2D eigenvalue weighted by Crippen LogP contribution is -2.32. The van der Waals surface area contributed by atoms with E-state index in [9.17, 15) is 9.18 Å². The van der Waals surface area contributed by atoms with Crippen LogP contribution in [0.3, 0.4) is 0 Å². The molecule has 0 saturated heterocycles. The van der Waals surface area contributed by atoms with E-state index in [2.05, 4.69) is 20.4 Å². The van der Waals surface area contributed by atoms with E-state index >= 15 is 0 Å². The molecule has 0 spiro atoms. The van der Waals surface area contributed by atoms with Crippen molar-refractivity contribution in [2.45, 2.75) is 13.0 Å². The van der Waals surface area contributed by atoms with Crippen LogP contribution in [0.4, 0.5) is 4.39 Å². The highest BCUT2D eigenvalue weighted by Crippen LogP contribution is 2.22. The predicted octanol–water partition coefficient (Wildman–Crippen LogP) is 1.77. The molecule has 0 saturated carbocycles. The van der Waals surface area contributed by atoms with Crippen LogP contribution in [0.25, 0.3) is 0 Å². The molecule has 0 aliphatic carbocycles. The molecule has 23 heavy (non-hydrogen) atoms. The zero-order valence-electron chi connectivity index (χ0n) is 12.5. The Morgan fingerprint density at radius 3 is 2.78 bits per heavy atom. The summed E-state index contributed by atoms with van der Waals surface area (Å²) in [5.41, 5.74) is 0.246. The summed E-state index contributed by atoms with van der Waals surface area (Å²) in [4.78, 5) is 20.5. The molecule has 0 radical (unpaired) electrons. The van der Waals surface area contributed by atoms with Gasteiger partial charge in [0.2, 0.25) is 5.89 Å². The molecule has 1 atom stereocenters. The number of aromatic nitrogens is 4. The van der Waals surface area contributed by atoms with E-state index < -0.39 is 17.8 Å². The van der Waals surface area contributed by atoms with Crippen LogP contribution in [0.15, 0.2) is 41.2 Å². The van der Waals surface area contributed by atoms with E-state index in [1.54, 1.807) is 42.9 Å². The molecule has 118 valence electrons. The molecule has 1 N–H and O–H groups in total. The fourth-order valence-electron chi connectivity index (χ4n) is 2.20. The number of imidazole rings is 1. The van der Waals surface area contributed by atoms with E-state index in [4.69, 9.17) is 4.52 Å². The number of halogens is 1. The van der Waals surface area contributed by atoms with Crippen LogP contribution >= 0.6 is 0 Å². The lowest BCUT2D eigenvalue weighted by atomic mass is 10.1. The molecule has 2 aromatic heterocycles. The van der Waals surface area contributed by atoms with Gasteiger partial charge in [0.1, 0.15) is 11.9 Å². The molecule has 0 bridgehead atoms. The number of carbonyl (C=O) groups is 1. The Bertz CT molecular complexity index is 842. The van der Waals surface area contributed by atoms with Gasteiger partial charge in [0.05, 0.1) is 0 Å². The maximum absolute atomic E-state index is 14.1. The van der Waals surface area contributed by atoms with E-state index in [1.807, 2.05) is 0 Å². The lowest BCUT2D eigenvalue weighted by Gasteiger charge is -2.16. The summed E-state index contributed by atoms with van der Waals surface area (Å²) in [6, 6.07) is 5.23. The molecule has 0 aliphatic heterocycles. The summed E-state index contributed by atoms with van der Waals surface area (Å²) in [6.07, 6.45) is 3.15. The van der Waals surface area contributed by atoms with Crippen molar-refractivity contribution in [1.29, 1.82) is 0 Å². The topological polar surface area (TPSA) is 85.8 Å². The standard InChI is InChI=1S/C15H14FN5O2/c1-9-18-13(20-23-9)12(10-5-3-4-6-11(10)16)19-15(22)14-17-7-8-21(14)2/h3-8,12H,1-2H3,(H,19,22)/t12-/m1/s1. The predicted molar refractivity (Wildman–Crippen MR) is 78.0 cm³/mol. The quantitative estimate of drug-likeness (QED) is 0.793. The summed E-state index contributed by atoms with van der Waals surface area (Å²) < 4.78 is 20.7. The molecule has 0 unspecified atom stereocenters. The van der Waals surface area contributed by atoms with Crippen molar-refractivity contribution in [2.24, 2.45) is 7.05 Å². The fraction of sp³-hybridized carbons (Fsp3) is 0.200. The van der Waals surface area contributed by atoms with Crippen LogP contribution in [0, 0.1) is 12.7 Å². The third-order valence-electron chi connectivity index (χ3n) is 3.32. The second-order valence-corrected chi connectivity index (χ2v) is 4.96. The first-order valence-corrected chi connectivity index (χ1v) is 6.89. The second-order valence-electron chi connectivity index (χ2n) is 4.96. The summed E-state index contributed by atoms with van der Waals surface area (Å²) in [5, 5.41) is 6.50. The van der Waals surface area contributed by atoms with Crippen molar-refractivity contribution in [2.75, 3.05) is 0 Å². The Morgan fingerprint density at radius 2 is 2.17 bits per heavy atom. The van der Waals surface area contributed by atoms with Crippen LogP contribution < -0.4 is 5.32 Å². The van der Waals surface area contributed by atoms with Gasteiger partial charge in [-0.2, -0.15) is 4.98 Å². The number of hydrogen-bond acceptors (Lipinski definition) is 5. The zero-order valence-corrected chi connectivity index (χ0v) is 12.5. The molecule has 0 fully saturated rings. The minimum atomic E-state index is -0.877. The number of benzene rings is 1. The number of aryl methyl sites for hydroxylation is 2. The van der Waals surface area contributed by atoms with E-state index in [0.717, 1.165) is 0 Å². The fourth-order valence-corrected chi connectivity index (χ4v) is 2.20. The summed E-state index contributed by atoms with van der Waals surface area (Å²) >= 11 is 0. The Labute approximate surface area is 131 Å². The number of nitrogens with zero attached hydrogens (tertiary/aromatic N) is 4. The Morgan fingerprint density at radius 1 is 1.39 bits per heavy atom. The van der Waals surface area contributed by atoms with Crippen molar-refractivity contribution in [1.82, 2.24) is 25.0 Å². The molecule has 3 rings (SSSR count). The highest BCUT2D eigenvalue weighted by Gasteiger charge is 2.26. The Hall–Kier alpha value is -3.03. The van der Waals surface area contributed by atoms with Gasteiger partial charge in [0.25, 0.3) is 5.91 Å². The van der Waals surface area contributed by atoms with Gasteiger partial charge in [-0.15, -0.1) is 0 Å². The summed E-state index contributed by atoms with van der Waals surface area (Å²) in [7, 11) is 1.69. The normalized spacial score (nSPS) is 12.1. The van der Waals surface area contributed by atoms with Crippen LogP contribution in [-0.2, 0) is 7.05 Å². The smallest absolute Gasteiger partial charge is 0.288 e. The molecule has 3 aromatic rings. The van der Waals surface area contributed by atoms with Crippen molar-refractivity contribution in [3.63, 3.8) is 0 Å². The molecule has 0 aliphatic rings. The molecule has 1 aromatic carbocycles. The molecular weight excluding hydrogens is 301 g/mol. The van der Waals surface area contributed by atoms with E-state index in [-0.39, 0.29) is 17.2 Å². The van der Waals surface area contributed by atoms with Crippen LogP contribution in [0.5, 0.6) is 0 Å². The van der Waals surface area contributed by atoms with Crippen LogP contribution in [0.2, 0.25) is 0 Å². The number of carbonyl (C=O) groups excluding carboxylic acids is 1. The highest BCUT2D eigenvalue weighted by atomic mass is 19.1. The maximum Gasteiger partial charge on any atom is 0.288 e. The number of hydrogen-bond donors (Lipinski definition) is 1. The largest absolute Gasteiger partial charge is 0.340 e. The van der Waals surface area contributed by atoms with Crippen molar-refractivity contribution >= 4 is 5.91 Å². The first kappa shape index (κ1) is 14.9. The van der Waals surface area contributed by atoms with Crippen molar-refractivity contribution < 1.29 is 13.7 Å². The maximum atomic E-state index is 14.1. The van der Waals surface area contributed by atoms with Crippen LogP contribution in [0.1, 0.15) is 33.9 Å². The van der Waals surface area contributed by atoms with Gasteiger partial charge in [-0.05, 0) is 6.07 Å². The third kappa shape index (κ3) is 2.96. The second kappa shape index (κ2) is 5.99. The van der Waals surface area contributed by atoms with Gasteiger partial charge < -0.3 is 14.4 Å². The lowest BCUT2D eigenvalue weighted by molar-refractivity contribution is 0.0927. The molecule has 8 heteroatoms. The van der Waals surface area contributed by atoms with Gasteiger partial charge in [0.15, 0.2) is 11.6 Å². The zero-order chi connectivity index (χ0) is 16.4. The Kier molecular flexibility index (Phi) is 3.88. The molecule has 7 nitrogen and oxygen atoms in total. The molecule has 1 amide bonds.